The lowest BCUT2D eigenvalue weighted by Gasteiger charge is -2.14. The van der Waals surface area contributed by atoms with Gasteiger partial charge in [0.1, 0.15) is 11.8 Å². The lowest BCUT2D eigenvalue weighted by molar-refractivity contribution is -0.136. The molecule has 1 aliphatic rings. The van der Waals surface area contributed by atoms with Gasteiger partial charge in [0.05, 0.1) is 13.0 Å². The molecule has 0 aliphatic carbocycles. The second kappa shape index (κ2) is 5.17. The van der Waals surface area contributed by atoms with E-state index in [2.05, 4.69) is 5.32 Å². The number of nitrogens with zero attached hydrogens (tertiary/aromatic N) is 1. The third kappa shape index (κ3) is 2.78. The molecular weight excluding hydrogens is 246 g/mol. The van der Waals surface area contributed by atoms with E-state index in [-0.39, 0.29) is 18.2 Å². The van der Waals surface area contributed by atoms with Crippen LogP contribution < -0.4 is 15.8 Å². The van der Waals surface area contributed by atoms with Crippen molar-refractivity contribution < 1.29 is 14.3 Å². The first-order valence-electron chi connectivity index (χ1n) is 6.11. The number of carbonyl (C=O) groups is 2. The molecule has 1 atom stereocenters. The highest BCUT2D eigenvalue weighted by Gasteiger charge is 2.35. The van der Waals surface area contributed by atoms with Crippen LogP contribution in [0.5, 0.6) is 5.75 Å². The van der Waals surface area contributed by atoms with Gasteiger partial charge in [-0.25, -0.2) is 0 Å². The molecule has 0 bridgehead atoms. The van der Waals surface area contributed by atoms with Crippen LogP contribution >= 0.6 is 0 Å². The Labute approximate surface area is 111 Å². The molecule has 0 spiro atoms. The first kappa shape index (κ1) is 13.2. The average molecular weight is 263 g/mol. The van der Waals surface area contributed by atoms with E-state index in [0.717, 1.165) is 4.90 Å². The smallest absolute Gasteiger partial charge is 0.251 e. The van der Waals surface area contributed by atoms with Crippen molar-refractivity contribution in [3.8, 4) is 5.75 Å². The summed E-state index contributed by atoms with van der Waals surface area (Å²) in [4.78, 5) is 24.4. The zero-order chi connectivity index (χ0) is 14.0. The minimum Gasteiger partial charge on any atom is -0.494 e. The number of ether oxygens (including phenoxy) is 1. The van der Waals surface area contributed by atoms with E-state index in [1.54, 1.807) is 18.2 Å². The van der Waals surface area contributed by atoms with Crippen LogP contribution in [0.2, 0.25) is 0 Å². The molecule has 1 unspecified atom stereocenters. The molecule has 1 fully saturated rings. The molecule has 2 rings (SSSR count). The van der Waals surface area contributed by atoms with Crippen LogP contribution in [-0.2, 0) is 9.59 Å². The average Bonchev–Trinajstić information content (AvgIpc) is 2.57. The predicted molar refractivity (Wildman–Crippen MR) is 71.8 cm³/mol. The lowest BCUT2D eigenvalue weighted by atomic mass is 10.2. The van der Waals surface area contributed by atoms with E-state index < -0.39 is 6.04 Å². The van der Waals surface area contributed by atoms with Gasteiger partial charge in [-0.1, -0.05) is 0 Å². The van der Waals surface area contributed by atoms with Gasteiger partial charge < -0.3 is 15.8 Å². The van der Waals surface area contributed by atoms with Crippen LogP contribution in [-0.4, -0.2) is 36.4 Å². The number of benzene rings is 1. The number of anilines is 2. The number of likely N-dealkylation sites (tertiary alicyclic amines) is 1. The van der Waals surface area contributed by atoms with E-state index in [1.807, 2.05) is 6.92 Å². The maximum atomic E-state index is 11.8. The zero-order valence-corrected chi connectivity index (χ0v) is 11.0. The summed E-state index contributed by atoms with van der Waals surface area (Å²) in [6.45, 7) is 2.41. The van der Waals surface area contributed by atoms with Gasteiger partial charge in [0.15, 0.2) is 0 Å². The van der Waals surface area contributed by atoms with Gasteiger partial charge in [-0.3, -0.25) is 14.5 Å². The number of carbonyl (C=O) groups excluding carboxylic acids is 2. The van der Waals surface area contributed by atoms with Crippen molar-refractivity contribution in [2.75, 3.05) is 24.7 Å². The van der Waals surface area contributed by atoms with Crippen LogP contribution in [0, 0.1) is 0 Å². The molecule has 1 aliphatic heterocycles. The Morgan fingerprint density at radius 1 is 1.42 bits per heavy atom. The first-order valence-corrected chi connectivity index (χ1v) is 6.11. The Morgan fingerprint density at radius 2 is 2.16 bits per heavy atom. The standard InChI is InChI=1S/C13H17N3O3/c1-3-19-10-5-8(14)4-9(6-10)15-11-7-12(17)16(2)13(11)18/h4-6,11,15H,3,7,14H2,1-2H3. The number of nitrogen functional groups attached to an aromatic ring is 1. The maximum absolute atomic E-state index is 11.8. The highest BCUT2D eigenvalue weighted by atomic mass is 16.5. The molecule has 1 saturated heterocycles. The second-order valence-corrected chi connectivity index (χ2v) is 4.42. The van der Waals surface area contributed by atoms with Gasteiger partial charge in [0.2, 0.25) is 5.91 Å². The lowest BCUT2D eigenvalue weighted by Crippen LogP contribution is -2.31. The van der Waals surface area contributed by atoms with Crippen LogP contribution in [0.25, 0.3) is 0 Å². The normalized spacial score (nSPS) is 18.8. The van der Waals surface area contributed by atoms with E-state index >= 15 is 0 Å². The molecule has 0 saturated carbocycles. The molecular formula is C13H17N3O3. The largest absolute Gasteiger partial charge is 0.494 e. The fourth-order valence-electron chi connectivity index (χ4n) is 2.02. The van der Waals surface area contributed by atoms with Gasteiger partial charge >= 0.3 is 0 Å². The number of rotatable bonds is 4. The van der Waals surface area contributed by atoms with Crippen molar-refractivity contribution in [1.82, 2.24) is 4.90 Å². The Kier molecular flexibility index (Phi) is 3.59. The fraction of sp³-hybridized carbons (Fsp3) is 0.385. The van der Waals surface area contributed by atoms with E-state index in [4.69, 9.17) is 10.5 Å². The minimum atomic E-state index is -0.534. The quantitative estimate of drug-likeness (QED) is 0.621. The zero-order valence-electron chi connectivity index (χ0n) is 11.0. The van der Waals surface area contributed by atoms with Gasteiger partial charge in [0.25, 0.3) is 5.91 Å². The van der Waals surface area contributed by atoms with Crippen LogP contribution in [0.1, 0.15) is 13.3 Å². The highest BCUT2D eigenvalue weighted by Crippen LogP contribution is 2.25. The number of likely N-dealkylation sites (N-methyl/N-ethyl adjacent to an activating group) is 1. The number of nitrogens with one attached hydrogen (secondary N) is 1. The number of imide groups is 1. The molecule has 3 N–H and O–H groups in total. The first-order chi connectivity index (χ1) is 9.01. The molecule has 102 valence electrons. The Morgan fingerprint density at radius 3 is 2.74 bits per heavy atom. The third-order valence-corrected chi connectivity index (χ3v) is 2.96. The van der Waals surface area contributed by atoms with E-state index in [0.29, 0.717) is 23.7 Å². The van der Waals surface area contributed by atoms with Crippen LogP contribution in [0.3, 0.4) is 0 Å². The molecule has 6 heteroatoms. The summed E-state index contributed by atoms with van der Waals surface area (Å²) < 4.78 is 5.38. The van der Waals surface area contributed by atoms with Gasteiger partial charge in [-0.05, 0) is 13.0 Å². The van der Waals surface area contributed by atoms with Gasteiger partial charge in [-0.15, -0.1) is 0 Å². The van der Waals surface area contributed by atoms with Gasteiger partial charge in [0, 0.05) is 30.6 Å². The van der Waals surface area contributed by atoms with Crippen molar-refractivity contribution in [2.24, 2.45) is 0 Å². The highest BCUT2D eigenvalue weighted by molar-refractivity contribution is 6.06. The predicted octanol–water partition coefficient (Wildman–Crippen LogP) is 0.837. The summed E-state index contributed by atoms with van der Waals surface area (Å²) in [7, 11) is 1.48. The van der Waals surface area contributed by atoms with Crippen LogP contribution in [0.4, 0.5) is 11.4 Å². The Bertz CT molecular complexity index is 516. The number of nitrogens with two attached hydrogens (primary N) is 1. The molecule has 1 aromatic rings. The Hall–Kier alpha value is -2.24. The summed E-state index contributed by atoms with van der Waals surface area (Å²) >= 11 is 0. The maximum Gasteiger partial charge on any atom is 0.251 e. The summed E-state index contributed by atoms with van der Waals surface area (Å²) in [6.07, 6.45) is 0.161. The second-order valence-electron chi connectivity index (χ2n) is 4.42. The molecule has 1 heterocycles. The molecule has 1 aromatic carbocycles. The molecule has 6 nitrogen and oxygen atoms in total. The van der Waals surface area contributed by atoms with E-state index in [9.17, 15) is 9.59 Å². The van der Waals surface area contributed by atoms with Crippen molar-refractivity contribution in [1.29, 1.82) is 0 Å². The Balaban J connectivity index is 2.15. The summed E-state index contributed by atoms with van der Waals surface area (Å²) in [5, 5.41) is 3.02. The van der Waals surface area contributed by atoms with Gasteiger partial charge in [-0.2, -0.15) is 0 Å². The fourth-order valence-corrected chi connectivity index (χ4v) is 2.02. The topological polar surface area (TPSA) is 84.7 Å². The van der Waals surface area contributed by atoms with Crippen LogP contribution in [0.15, 0.2) is 18.2 Å². The van der Waals surface area contributed by atoms with Crippen molar-refractivity contribution in [3.63, 3.8) is 0 Å². The molecule has 19 heavy (non-hydrogen) atoms. The molecule has 0 aromatic heterocycles. The van der Waals surface area contributed by atoms with E-state index in [1.165, 1.54) is 7.05 Å². The molecule has 2 amide bonds. The SMILES string of the molecule is CCOc1cc(N)cc(NC2CC(=O)N(C)C2=O)c1. The van der Waals surface area contributed by atoms with Crippen molar-refractivity contribution in [2.45, 2.75) is 19.4 Å². The monoisotopic (exact) mass is 263 g/mol. The van der Waals surface area contributed by atoms with Crippen molar-refractivity contribution in [3.05, 3.63) is 18.2 Å². The molecule has 0 radical (unpaired) electrons. The summed E-state index contributed by atoms with van der Waals surface area (Å²) in [5.74, 6) is 0.219. The number of hydrogen-bond donors (Lipinski definition) is 2. The number of amides is 2. The summed E-state index contributed by atoms with van der Waals surface area (Å²) in [5.41, 5.74) is 6.98. The van der Waals surface area contributed by atoms with Crippen molar-refractivity contribution >= 4 is 23.2 Å². The number of hydrogen-bond acceptors (Lipinski definition) is 5. The summed E-state index contributed by atoms with van der Waals surface area (Å²) in [6, 6.07) is 4.64. The third-order valence-electron chi connectivity index (χ3n) is 2.96. The minimum absolute atomic E-state index is 0.161.